The van der Waals surface area contributed by atoms with Gasteiger partial charge in [-0.2, -0.15) is 0 Å². The van der Waals surface area contributed by atoms with Crippen molar-refractivity contribution in [2.75, 3.05) is 0 Å². The minimum Gasteiger partial charge on any atom is -0.508 e. The minimum absolute atomic E-state index is 0.360. The van der Waals surface area contributed by atoms with Crippen molar-refractivity contribution >= 4 is 5.78 Å². The van der Waals surface area contributed by atoms with Crippen molar-refractivity contribution in [3.63, 3.8) is 0 Å². The van der Waals surface area contributed by atoms with Crippen LogP contribution in [0.2, 0.25) is 0 Å². The summed E-state index contributed by atoms with van der Waals surface area (Å²) in [6, 6.07) is 7.63. The molecule has 0 aromatic heterocycles. The number of ketones is 1. The molecule has 0 heterocycles. The SMILES string of the molecule is O=C(CCCCCCCCCCCCCCc1ccc(O)cc1)CC1CCCCC1. The van der Waals surface area contributed by atoms with Crippen LogP contribution in [-0.4, -0.2) is 10.9 Å². The topological polar surface area (TPSA) is 37.3 Å². The molecule has 0 amide bonds. The molecule has 0 saturated heterocycles. The summed E-state index contributed by atoms with van der Waals surface area (Å²) in [6.45, 7) is 0. The summed E-state index contributed by atoms with van der Waals surface area (Å²) >= 11 is 0. The lowest BCUT2D eigenvalue weighted by atomic mass is 9.85. The van der Waals surface area contributed by atoms with E-state index in [1.807, 2.05) is 12.1 Å². The van der Waals surface area contributed by atoms with Crippen molar-refractivity contribution in [3.8, 4) is 5.75 Å². The van der Waals surface area contributed by atoms with Crippen LogP contribution in [0.3, 0.4) is 0 Å². The molecule has 1 saturated carbocycles. The molecule has 0 spiro atoms. The molecule has 1 aromatic rings. The van der Waals surface area contributed by atoms with Gasteiger partial charge in [0, 0.05) is 12.8 Å². The quantitative estimate of drug-likeness (QED) is 0.259. The van der Waals surface area contributed by atoms with Gasteiger partial charge in [0.2, 0.25) is 0 Å². The normalized spacial score (nSPS) is 14.8. The van der Waals surface area contributed by atoms with E-state index in [0.717, 1.165) is 25.7 Å². The van der Waals surface area contributed by atoms with Gasteiger partial charge in [0.15, 0.2) is 0 Å². The van der Waals surface area contributed by atoms with Crippen LogP contribution in [0.4, 0.5) is 0 Å². The van der Waals surface area contributed by atoms with E-state index in [9.17, 15) is 9.90 Å². The maximum Gasteiger partial charge on any atom is 0.133 e. The van der Waals surface area contributed by atoms with Crippen molar-refractivity contribution in [1.82, 2.24) is 0 Å². The lowest BCUT2D eigenvalue weighted by Crippen LogP contribution is -2.11. The summed E-state index contributed by atoms with van der Waals surface area (Å²) in [6.07, 6.45) is 25.4. The smallest absolute Gasteiger partial charge is 0.133 e. The summed E-state index contributed by atoms with van der Waals surface area (Å²) in [4.78, 5) is 12.1. The number of unbranched alkanes of at least 4 members (excludes halogenated alkanes) is 11. The fourth-order valence-corrected chi connectivity index (χ4v) is 4.90. The highest BCUT2D eigenvalue weighted by atomic mass is 16.3. The van der Waals surface area contributed by atoms with Crippen LogP contribution in [-0.2, 0) is 11.2 Å². The van der Waals surface area contributed by atoms with E-state index >= 15 is 0 Å². The van der Waals surface area contributed by atoms with Crippen molar-refractivity contribution in [2.24, 2.45) is 5.92 Å². The van der Waals surface area contributed by atoms with E-state index < -0.39 is 0 Å². The first kappa shape index (κ1) is 25.0. The fourth-order valence-electron chi connectivity index (χ4n) is 4.90. The number of Topliss-reactive ketones (excluding diaryl/α,β-unsaturated/α-hetero) is 1. The third-order valence-corrected chi connectivity index (χ3v) is 6.85. The Kier molecular flexibility index (Phi) is 13.6. The van der Waals surface area contributed by atoms with Gasteiger partial charge in [-0.25, -0.2) is 0 Å². The van der Waals surface area contributed by atoms with Crippen LogP contribution in [0, 0.1) is 5.92 Å². The van der Waals surface area contributed by atoms with Gasteiger partial charge in [0.1, 0.15) is 11.5 Å². The van der Waals surface area contributed by atoms with Gasteiger partial charge < -0.3 is 5.11 Å². The van der Waals surface area contributed by atoms with Gasteiger partial charge in [0.05, 0.1) is 0 Å². The van der Waals surface area contributed by atoms with E-state index in [1.165, 1.54) is 108 Å². The Balaban J connectivity index is 1.28. The number of rotatable bonds is 17. The van der Waals surface area contributed by atoms with E-state index in [2.05, 4.69) is 0 Å². The molecule has 170 valence electrons. The van der Waals surface area contributed by atoms with E-state index in [0.29, 0.717) is 17.5 Å². The van der Waals surface area contributed by atoms with Crippen LogP contribution < -0.4 is 0 Å². The number of phenols is 1. The average Bonchev–Trinajstić information content (AvgIpc) is 2.76. The maximum atomic E-state index is 12.1. The first-order chi connectivity index (χ1) is 14.7. The Hall–Kier alpha value is -1.31. The Morgan fingerprint density at radius 3 is 1.77 bits per heavy atom. The van der Waals surface area contributed by atoms with Crippen molar-refractivity contribution in [1.29, 1.82) is 0 Å². The molecule has 2 nitrogen and oxygen atoms in total. The van der Waals surface area contributed by atoms with Crippen LogP contribution in [0.25, 0.3) is 0 Å². The first-order valence-corrected chi connectivity index (χ1v) is 13.0. The van der Waals surface area contributed by atoms with E-state index in [4.69, 9.17) is 0 Å². The molecule has 0 aliphatic heterocycles. The van der Waals surface area contributed by atoms with Gasteiger partial charge >= 0.3 is 0 Å². The Labute approximate surface area is 185 Å². The van der Waals surface area contributed by atoms with Gasteiger partial charge in [-0.3, -0.25) is 4.79 Å². The molecule has 0 radical (unpaired) electrons. The van der Waals surface area contributed by atoms with E-state index in [1.54, 1.807) is 12.1 Å². The lowest BCUT2D eigenvalue weighted by Gasteiger charge is -2.20. The molecule has 1 aromatic carbocycles. The number of carbonyl (C=O) groups is 1. The molecule has 1 aliphatic carbocycles. The second-order valence-corrected chi connectivity index (χ2v) is 9.66. The van der Waals surface area contributed by atoms with Crippen molar-refractivity contribution in [2.45, 2.75) is 128 Å². The zero-order chi connectivity index (χ0) is 21.3. The highest BCUT2D eigenvalue weighted by molar-refractivity contribution is 5.78. The molecule has 0 unspecified atom stereocenters. The zero-order valence-electron chi connectivity index (χ0n) is 19.4. The largest absolute Gasteiger partial charge is 0.508 e. The standard InChI is InChI=1S/C28H46O2/c29-27-22-20-25(21-23-27)16-12-9-7-5-3-1-2-4-6-8-10-15-19-28(30)24-26-17-13-11-14-18-26/h20-23,26,29H,1-19,24H2. The Morgan fingerprint density at radius 1 is 0.700 bits per heavy atom. The Morgan fingerprint density at radius 2 is 1.20 bits per heavy atom. The Bertz CT molecular complexity index is 542. The molecule has 1 fully saturated rings. The number of benzene rings is 1. The molecule has 0 atom stereocenters. The van der Waals surface area contributed by atoms with Gasteiger partial charge in [0.25, 0.3) is 0 Å². The number of hydrogen-bond acceptors (Lipinski definition) is 2. The summed E-state index contributed by atoms with van der Waals surface area (Å²) in [5, 5.41) is 9.30. The second-order valence-electron chi connectivity index (χ2n) is 9.66. The number of phenolic OH excluding ortho intramolecular Hbond substituents is 1. The maximum absolute atomic E-state index is 12.1. The third kappa shape index (κ3) is 12.4. The minimum atomic E-state index is 0.360. The zero-order valence-corrected chi connectivity index (χ0v) is 19.4. The van der Waals surface area contributed by atoms with Gasteiger partial charge in [-0.05, 0) is 42.9 Å². The predicted octanol–water partition coefficient (Wildman–Crippen LogP) is 8.55. The first-order valence-electron chi connectivity index (χ1n) is 13.0. The molecule has 2 rings (SSSR count). The van der Waals surface area contributed by atoms with Crippen molar-refractivity contribution in [3.05, 3.63) is 29.8 Å². The fraction of sp³-hybridized carbons (Fsp3) is 0.750. The van der Waals surface area contributed by atoms with Gasteiger partial charge in [-0.1, -0.05) is 108 Å². The molecular formula is C28H46O2. The molecule has 2 heteroatoms. The van der Waals surface area contributed by atoms with E-state index in [-0.39, 0.29) is 0 Å². The van der Waals surface area contributed by atoms with Crippen LogP contribution in [0.15, 0.2) is 24.3 Å². The monoisotopic (exact) mass is 414 g/mol. The number of aromatic hydroxyl groups is 1. The highest BCUT2D eigenvalue weighted by Crippen LogP contribution is 2.27. The molecule has 30 heavy (non-hydrogen) atoms. The molecule has 0 bridgehead atoms. The highest BCUT2D eigenvalue weighted by Gasteiger charge is 2.16. The number of aryl methyl sites for hydroxylation is 1. The molecule has 1 N–H and O–H groups in total. The number of carbonyl (C=O) groups excluding carboxylic acids is 1. The van der Waals surface area contributed by atoms with Gasteiger partial charge in [-0.15, -0.1) is 0 Å². The lowest BCUT2D eigenvalue weighted by molar-refractivity contribution is -0.120. The summed E-state index contributed by atoms with van der Waals surface area (Å²) in [5.74, 6) is 1.61. The third-order valence-electron chi connectivity index (χ3n) is 6.85. The van der Waals surface area contributed by atoms with Crippen LogP contribution in [0.5, 0.6) is 5.75 Å². The average molecular weight is 415 g/mol. The summed E-state index contributed by atoms with van der Waals surface area (Å²) in [5.41, 5.74) is 1.33. The molecule has 1 aliphatic rings. The van der Waals surface area contributed by atoms with Crippen LogP contribution in [0.1, 0.15) is 128 Å². The molecular weight excluding hydrogens is 368 g/mol. The second kappa shape index (κ2) is 16.4. The van der Waals surface area contributed by atoms with Crippen LogP contribution >= 0.6 is 0 Å². The predicted molar refractivity (Wildman–Crippen MR) is 128 cm³/mol. The summed E-state index contributed by atoms with van der Waals surface area (Å²) < 4.78 is 0. The summed E-state index contributed by atoms with van der Waals surface area (Å²) in [7, 11) is 0. The number of hydrogen-bond donors (Lipinski definition) is 1. The van der Waals surface area contributed by atoms with Crippen molar-refractivity contribution < 1.29 is 9.90 Å².